The summed E-state index contributed by atoms with van der Waals surface area (Å²) in [5, 5.41) is 8.12. The topological polar surface area (TPSA) is 94.1 Å². The van der Waals surface area contributed by atoms with E-state index in [-0.39, 0.29) is 17.7 Å². The first-order chi connectivity index (χ1) is 11.0. The van der Waals surface area contributed by atoms with Crippen molar-refractivity contribution in [2.75, 3.05) is 13.1 Å². The molecular weight excluding hydrogens is 294 g/mol. The molecule has 0 aliphatic carbocycles. The summed E-state index contributed by atoms with van der Waals surface area (Å²) in [6.45, 7) is 4.69. The number of hydrogen-bond donors (Lipinski definition) is 1. The summed E-state index contributed by atoms with van der Waals surface area (Å²) in [4.78, 5) is 25.5. The zero-order chi connectivity index (χ0) is 16.6. The van der Waals surface area contributed by atoms with Crippen LogP contribution in [0, 0.1) is 19.8 Å². The molecule has 1 fully saturated rings. The maximum Gasteiger partial charge on any atom is 0.276 e. The highest BCUT2D eigenvalue weighted by Gasteiger charge is 2.32. The SMILES string of the molecule is Cc1ccc(-n2nnc(C(=O)N3CC[C@H](C(N)=O)C3)c2C)cc1. The van der Waals surface area contributed by atoms with Gasteiger partial charge in [0.25, 0.3) is 5.91 Å². The molecule has 3 rings (SSSR count). The Balaban J connectivity index is 1.83. The first-order valence-corrected chi connectivity index (χ1v) is 7.55. The molecular formula is C16H19N5O2. The lowest BCUT2D eigenvalue weighted by molar-refractivity contribution is -0.121. The average molecular weight is 313 g/mol. The lowest BCUT2D eigenvalue weighted by Gasteiger charge is -2.14. The monoisotopic (exact) mass is 313 g/mol. The Bertz CT molecular complexity index is 750. The van der Waals surface area contributed by atoms with Crippen molar-refractivity contribution in [1.82, 2.24) is 19.9 Å². The lowest BCUT2D eigenvalue weighted by atomic mass is 10.1. The third-order valence-corrected chi connectivity index (χ3v) is 4.25. The van der Waals surface area contributed by atoms with Crippen molar-refractivity contribution < 1.29 is 9.59 Å². The molecule has 1 aromatic heterocycles. The van der Waals surface area contributed by atoms with Crippen LogP contribution in [0.25, 0.3) is 5.69 Å². The molecule has 1 aliphatic rings. The number of nitrogens with zero attached hydrogens (tertiary/aromatic N) is 4. The molecule has 1 aliphatic heterocycles. The Kier molecular flexibility index (Phi) is 3.85. The highest BCUT2D eigenvalue weighted by molar-refractivity contribution is 5.94. The second-order valence-electron chi connectivity index (χ2n) is 5.91. The fraction of sp³-hybridized carbons (Fsp3) is 0.375. The van der Waals surface area contributed by atoms with Gasteiger partial charge < -0.3 is 10.6 Å². The predicted octanol–water partition coefficient (Wildman–Crippen LogP) is 0.832. The van der Waals surface area contributed by atoms with Gasteiger partial charge in [-0.05, 0) is 32.4 Å². The number of primary amides is 1. The van der Waals surface area contributed by atoms with Crippen molar-refractivity contribution in [2.24, 2.45) is 11.7 Å². The van der Waals surface area contributed by atoms with E-state index in [1.165, 1.54) is 0 Å². The fourth-order valence-corrected chi connectivity index (χ4v) is 2.78. The van der Waals surface area contributed by atoms with Crippen LogP contribution in [-0.2, 0) is 4.79 Å². The third-order valence-electron chi connectivity index (χ3n) is 4.25. The fourth-order valence-electron chi connectivity index (χ4n) is 2.78. The van der Waals surface area contributed by atoms with Crippen LogP contribution in [0.5, 0.6) is 0 Å². The molecule has 2 amide bonds. The van der Waals surface area contributed by atoms with E-state index >= 15 is 0 Å². The van der Waals surface area contributed by atoms with Gasteiger partial charge in [-0.3, -0.25) is 9.59 Å². The minimum Gasteiger partial charge on any atom is -0.369 e. The van der Waals surface area contributed by atoms with Crippen molar-refractivity contribution >= 4 is 11.8 Å². The minimum atomic E-state index is -0.361. The van der Waals surface area contributed by atoms with E-state index in [1.54, 1.807) is 9.58 Å². The molecule has 7 nitrogen and oxygen atoms in total. The number of carbonyl (C=O) groups excluding carboxylic acids is 2. The van der Waals surface area contributed by atoms with Gasteiger partial charge in [-0.1, -0.05) is 22.9 Å². The van der Waals surface area contributed by atoms with E-state index in [1.807, 2.05) is 38.1 Å². The summed E-state index contributed by atoms with van der Waals surface area (Å²) in [5.41, 5.74) is 8.32. The third kappa shape index (κ3) is 2.81. The van der Waals surface area contributed by atoms with Crippen molar-refractivity contribution in [3.8, 4) is 5.69 Å². The smallest absolute Gasteiger partial charge is 0.276 e. The molecule has 1 aromatic carbocycles. The van der Waals surface area contributed by atoms with E-state index < -0.39 is 0 Å². The van der Waals surface area contributed by atoms with E-state index in [0.29, 0.717) is 30.9 Å². The van der Waals surface area contributed by atoms with Crippen molar-refractivity contribution in [3.63, 3.8) is 0 Å². The number of benzene rings is 1. The Morgan fingerprint density at radius 1 is 1.22 bits per heavy atom. The van der Waals surface area contributed by atoms with Crippen LogP contribution in [-0.4, -0.2) is 44.8 Å². The normalized spacial score (nSPS) is 17.5. The number of rotatable bonds is 3. The van der Waals surface area contributed by atoms with Gasteiger partial charge >= 0.3 is 0 Å². The van der Waals surface area contributed by atoms with Crippen LogP contribution < -0.4 is 5.73 Å². The molecule has 0 saturated carbocycles. The Hall–Kier alpha value is -2.70. The summed E-state index contributed by atoms with van der Waals surface area (Å²) in [5.74, 6) is -0.837. The zero-order valence-corrected chi connectivity index (χ0v) is 13.2. The maximum atomic E-state index is 12.6. The van der Waals surface area contributed by atoms with Crippen LogP contribution in [0.1, 0.15) is 28.2 Å². The van der Waals surface area contributed by atoms with Crippen LogP contribution in [0.3, 0.4) is 0 Å². The molecule has 1 atom stereocenters. The van der Waals surface area contributed by atoms with Gasteiger partial charge in [-0.25, -0.2) is 4.68 Å². The maximum absolute atomic E-state index is 12.6. The summed E-state index contributed by atoms with van der Waals surface area (Å²) in [6.07, 6.45) is 0.603. The standard InChI is InChI=1S/C16H19N5O2/c1-10-3-5-13(6-4-10)21-11(2)14(18-19-21)16(23)20-8-7-12(9-20)15(17)22/h3-6,12H,7-9H2,1-2H3,(H2,17,22)/t12-/m0/s1. The molecule has 2 aromatic rings. The summed E-state index contributed by atoms with van der Waals surface area (Å²) in [6, 6.07) is 7.83. The number of nitrogens with two attached hydrogens (primary N) is 1. The molecule has 120 valence electrons. The van der Waals surface area contributed by atoms with Crippen molar-refractivity contribution in [3.05, 3.63) is 41.2 Å². The van der Waals surface area contributed by atoms with Gasteiger partial charge in [0.2, 0.25) is 5.91 Å². The molecule has 2 heterocycles. The van der Waals surface area contributed by atoms with Gasteiger partial charge in [0.05, 0.1) is 17.3 Å². The first kappa shape index (κ1) is 15.2. The van der Waals surface area contributed by atoms with E-state index in [4.69, 9.17) is 5.73 Å². The average Bonchev–Trinajstić information content (AvgIpc) is 3.15. The van der Waals surface area contributed by atoms with Gasteiger partial charge in [-0.15, -0.1) is 5.10 Å². The van der Waals surface area contributed by atoms with Gasteiger partial charge in [-0.2, -0.15) is 0 Å². The van der Waals surface area contributed by atoms with Crippen molar-refractivity contribution in [2.45, 2.75) is 20.3 Å². The Labute approximate surface area is 134 Å². The number of aryl methyl sites for hydroxylation is 1. The highest BCUT2D eigenvalue weighted by atomic mass is 16.2. The van der Waals surface area contributed by atoms with E-state index in [9.17, 15) is 9.59 Å². The highest BCUT2D eigenvalue weighted by Crippen LogP contribution is 2.20. The van der Waals surface area contributed by atoms with Crippen molar-refractivity contribution in [1.29, 1.82) is 0 Å². The number of hydrogen-bond acceptors (Lipinski definition) is 4. The van der Waals surface area contributed by atoms with E-state index in [2.05, 4.69) is 10.3 Å². The number of aromatic nitrogens is 3. The van der Waals surface area contributed by atoms with Crippen LogP contribution >= 0.6 is 0 Å². The number of carbonyl (C=O) groups is 2. The molecule has 0 unspecified atom stereocenters. The zero-order valence-electron chi connectivity index (χ0n) is 13.2. The second-order valence-corrected chi connectivity index (χ2v) is 5.91. The van der Waals surface area contributed by atoms with Gasteiger partial charge in [0.15, 0.2) is 5.69 Å². The molecule has 0 spiro atoms. The molecule has 23 heavy (non-hydrogen) atoms. The quantitative estimate of drug-likeness (QED) is 0.908. The lowest BCUT2D eigenvalue weighted by Crippen LogP contribution is -2.32. The molecule has 7 heteroatoms. The van der Waals surface area contributed by atoms with Gasteiger partial charge in [0, 0.05) is 13.1 Å². The van der Waals surface area contributed by atoms with Gasteiger partial charge in [0.1, 0.15) is 0 Å². The largest absolute Gasteiger partial charge is 0.369 e. The summed E-state index contributed by atoms with van der Waals surface area (Å²) >= 11 is 0. The first-order valence-electron chi connectivity index (χ1n) is 7.55. The van der Waals surface area contributed by atoms with Crippen LogP contribution in [0.15, 0.2) is 24.3 Å². The Morgan fingerprint density at radius 2 is 1.91 bits per heavy atom. The summed E-state index contributed by atoms with van der Waals surface area (Å²) < 4.78 is 1.65. The number of amides is 2. The molecule has 0 bridgehead atoms. The van der Waals surface area contributed by atoms with E-state index in [0.717, 1.165) is 11.3 Å². The molecule has 1 saturated heterocycles. The Morgan fingerprint density at radius 3 is 2.52 bits per heavy atom. The second kappa shape index (κ2) is 5.83. The molecule has 0 radical (unpaired) electrons. The number of likely N-dealkylation sites (tertiary alicyclic amines) is 1. The summed E-state index contributed by atoms with van der Waals surface area (Å²) in [7, 11) is 0. The van der Waals surface area contributed by atoms with Crippen LogP contribution in [0.4, 0.5) is 0 Å². The predicted molar refractivity (Wildman–Crippen MR) is 84.0 cm³/mol. The van der Waals surface area contributed by atoms with Crippen LogP contribution in [0.2, 0.25) is 0 Å². The molecule has 2 N–H and O–H groups in total. The minimum absolute atomic E-state index is 0.204.